The molecule has 0 aromatic rings. The zero-order valence-electron chi connectivity index (χ0n) is 14.2. The Bertz CT molecular complexity index is 311. The van der Waals surface area contributed by atoms with Crippen LogP contribution in [-0.2, 0) is 9.53 Å². The summed E-state index contributed by atoms with van der Waals surface area (Å²) in [5, 5.41) is 3.56. The molecule has 0 amide bonds. The maximum Gasteiger partial charge on any atom is 0.326 e. The third kappa shape index (κ3) is 4.21. The molecule has 1 aliphatic carbocycles. The zero-order valence-corrected chi connectivity index (χ0v) is 14.2. The van der Waals surface area contributed by atoms with Gasteiger partial charge in [0.05, 0.1) is 6.61 Å². The molecule has 3 nitrogen and oxygen atoms in total. The number of hydrogen-bond acceptors (Lipinski definition) is 3. The Hall–Kier alpha value is -0.570. The molecule has 0 saturated heterocycles. The summed E-state index contributed by atoms with van der Waals surface area (Å²) in [5.74, 6) is 0.649. The summed E-state index contributed by atoms with van der Waals surface area (Å²) in [6, 6.07) is 0.352. The molecule has 1 atom stereocenters. The van der Waals surface area contributed by atoms with Crippen molar-refractivity contribution in [3.8, 4) is 0 Å². The van der Waals surface area contributed by atoms with Crippen LogP contribution in [-0.4, -0.2) is 24.2 Å². The van der Waals surface area contributed by atoms with Gasteiger partial charge in [-0.3, -0.25) is 10.1 Å². The number of carbonyl (C=O) groups excluding carboxylic acids is 1. The van der Waals surface area contributed by atoms with Crippen molar-refractivity contribution < 1.29 is 9.53 Å². The number of hydrogen-bond donors (Lipinski definition) is 1. The Morgan fingerprint density at radius 3 is 2.25 bits per heavy atom. The van der Waals surface area contributed by atoms with Crippen molar-refractivity contribution in [2.75, 3.05) is 6.61 Å². The van der Waals surface area contributed by atoms with Crippen LogP contribution in [0.15, 0.2) is 0 Å². The molecule has 1 fully saturated rings. The van der Waals surface area contributed by atoms with Crippen molar-refractivity contribution in [1.82, 2.24) is 5.32 Å². The average molecular weight is 283 g/mol. The van der Waals surface area contributed by atoms with E-state index in [1.807, 2.05) is 6.92 Å². The van der Waals surface area contributed by atoms with Gasteiger partial charge in [-0.25, -0.2) is 0 Å². The molecule has 0 bridgehead atoms. The molecule has 0 heterocycles. The van der Waals surface area contributed by atoms with Crippen LogP contribution in [0.4, 0.5) is 0 Å². The van der Waals surface area contributed by atoms with Crippen LogP contribution < -0.4 is 5.32 Å². The van der Waals surface area contributed by atoms with Gasteiger partial charge in [0.2, 0.25) is 0 Å². The molecule has 0 aromatic carbocycles. The highest BCUT2D eigenvalue weighted by molar-refractivity contribution is 5.81. The summed E-state index contributed by atoms with van der Waals surface area (Å²) < 4.78 is 5.35. The fraction of sp³-hybridized carbons (Fsp3) is 0.941. The fourth-order valence-electron chi connectivity index (χ4n) is 3.23. The first-order valence-corrected chi connectivity index (χ1v) is 8.20. The van der Waals surface area contributed by atoms with E-state index >= 15 is 0 Å². The van der Waals surface area contributed by atoms with Crippen molar-refractivity contribution in [2.45, 2.75) is 85.2 Å². The zero-order chi connectivity index (χ0) is 15.4. The largest absolute Gasteiger partial charge is 0.465 e. The standard InChI is InChI=1S/C17H33NO2/c1-7-13(3)18-17(15(19)20-8-2)11-9-14(10-12-17)16(4,5)6/h13-14,18H,7-12H2,1-6H3. The van der Waals surface area contributed by atoms with E-state index in [-0.39, 0.29) is 5.97 Å². The van der Waals surface area contributed by atoms with Gasteiger partial charge in [-0.2, -0.15) is 0 Å². The molecule has 1 saturated carbocycles. The maximum atomic E-state index is 12.4. The van der Waals surface area contributed by atoms with Gasteiger partial charge in [0.25, 0.3) is 0 Å². The SMILES string of the molecule is CCOC(=O)C1(NC(C)CC)CCC(C(C)(C)C)CC1. The highest BCUT2D eigenvalue weighted by atomic mass is 16.5. The number of nitrogens with one attached hydrogen (secondary N) is 1. The van der Waals surface area contributed by atoms with E-state index in [1.54, 1.807) is 0 Å². The Labute approximate surface area is 124 Å². The van der Waals surface area contributed by atoms with Crippen LogP contribution in [0.2, 0.25) is 0 Å². The van der Waals surface area contributed by atoms with Crippen LogP contribution in [0.3, 0.4) is 0 Å². The summed E-state index contributed by atoms with van der Waals surface area (Å²) >= 11 is 0. The molecule has 1 rings (SSSR count). The van der Waals surface area contributed by atoms with Crippen LogP contribution in [0.5, 0.6) is 0 Å². The molecule has 1 N–H and O–H groups in total. The first-order valence-electron chi connectivity index (χ1n) is 8.20. The monoisotopic (exact) mass is 283 g/mol. The number of carbonyl (C=O) groups is 1. The van der Waals surface area contributed by atoms with Gasteiger partial charge in [-0.15, -0.1) is 0 Å². The quantitative estimate of drug-likeness (QED) is 0.777. The summed E-state index contributed by atoms with van der Waals surface area (Å²) in [6.45, 7) is 13.6. The van der Waals surface area contributed by atoms with E-state index in [0.717, 1.165) is 32.1 Å². The number of esters is 1. The molecule has 0 aliphatic heterocycles. The second kappa shape index (κ2) is 6.93. The normalized spacial score (nSPS) is 29.0. The summed E-state index contributed by atoms with van der Waals surface area (Å²) in [7, 11) is 0. The van der Waals surface area contributed by atoms with Gasteiger partial charge in [0.15, 0.2) is 0 Å². The van der Waals surface area contributed by atoms with E-state index < -0.39 is 5.54 Å². The summed E-state index contributed by atoms with van der Waals surface area (Å²) in [5.41, 5.74) is -0.121. The Morgan fingerprint density at radius 2 is 1.85 bits per heavy atom. The lowest BCUT2D eigenvalue weighted by atomic mass is 9.67. The topological polar surface area (TPSA) is 38.3 Å². The predicted octanol–water partition coefficient (Wildman–Crippen LogP) is 3.91. The van der Waals surface area contributed by atoms with Crippen molar-refractivity contribution in [3.05, 3.63) is 0 Å². The van der Waals surface area contributed by atoms with E-state index in [1.165, 1.54) is 0 Å². The third-order valence-electron chi connectivity index (χ3n) is 4.87. The summed E-state index contributed by atoms with van der Waals surface area (Å²) in [6.07, 6.45) is 5.04. The first-order chi connectivity index (χ1) is 9.25. The average Bonchev–Trinajstić information content (AvgIpc) is 2.38. The number of ether oxygens (including phenoxy) is 1. The predicted molar refractivity (Wildman–Crippen MR) is 83.7 cm³/mol. The maximum absolute atomic E-state index is 12.4. The molecule has 1 unspecified atom stereocenters. The molecule has 0 aromatic heterocycles. The highest BCUT2D eigenvalue weighted by Crippen LogP contribution is 2.42. The van der Waals surface area contributed by atoms with Crippen LogP contribution in [0.1, 0.15) is 73.6 Å². The number of rotatable bonds is 5. The van der Waals surface area contributed by atoms with Gasteiger partial charge in [0.1, 0.15) is 5.54 Å². The van der Waals surface area contributed by atoms with Crippen molar-refractivity contribution in [3.63, 3.8) is 0 Å². The summed E-state index contributed by atoms with van der Waals surface area (Å²) in [4.78, 5) is 12.4. The van der Waals surface area contributed by atoms with Gasteiger partial charge >= 0.3 is 5.97 Å². The lowest BCUT2D eigenvalue weighted by Crippen LogP contribution is -2.58. The molecule has 118 valence electrons. The first kappa shape index (κ1) is 17.5. The molecular weight excluding hydrogens is 250 g/mol. The Morgan fingerprint density at radius 1 is 1.30 bits per heavy atom. The van der Waals surface area contributed by atoms with Crippen molar-refractivity contribution in [1.29, 1.82) is 0 Å². The third-order valence-corrected chi connectivity index (χ3v) is 4.87. The molecule has 3 heteroatoms. The van der Waals surface area contributed by atoms with E-state index in [9.17, 15) is 4.79 Å². The van der Waals surface area contributed by atoms with Gasteiger partial charge in [-0.05, 0) is 57.3 Å². The van der Waals surface area contributed by atoms with Crippen LogP contribution in [0, 0.1) is 11.3 Å². The van der Waals surface area contributed by atoms with E-state index in [2.05, 4.69) is 39.9 Å². The van der Waals surface area contributed by atoms with E-state index in [4.69, 9.17) is 4.74 Å². The van der Waals surface area contributed by atoms with Crippen LogP contribution in [0.25, 0.3) is 0 Å². The lowest BCUT2D eigenvalue weighted by molar-refractivity contribution is -0.154. The smallest absolute Gasteiger partial charge is 0.326 e. The Kier molecular flexibility index (Phi) is 6.06. The molecular formula is C17H33NO2. The highest BCUT2D eigenvalue weighted by Gasteiger charge is 2.45. The molecule has 1 aliphatic rings. The molecule has 20 heavy (non-hydrogen) atoms. The van der Waals surface area contributed by atoms with Gasteiger partial charge < -0.3 is 4.74 Å². The lowest BCUT2D eigenvalue weighted by Gasteiger charge is -2.44. The van der Waals surface area contributed by atoms with Gasteiger partial charge in [-0.1, -0.05) is 27.7 Å². The second-order valence-corrected chi connectivity index (χ2v) is 7.40. The van der Waals surface area contributed by atoms with Crippen LogP contribution >= 0.6 is 0 Å². The molecule has 0 spiro atoms. The molecule has 0 radical (unpaired) electrons. The fourth-order valence-corrected chi connectivity index (χ4v) is 3.23. The minimum atomic E-state index is -0.451. The second-order valence-electron chi connectivity index (χ2n) is 7.40. The van der Waals surface area contributed by atoms with Crippen molar-refractivity contribution in [2.24, 2.45) is 11.3 Å². The van der Waals surface area contributed by atoms with Gasteiger partial charge in [0, 0.05) is 6.04 Å². The van der Waals surface area contributed by atoms with Crippen molar-refractivity contribution >= 4 is 5.97 Å². The Balaban J connectivity index is 2.79. The minimum Gasteiger partial charge on any atom is -0.465 e. The van der Waals surface area contributed by atoms with E-state index in [0.29, 0.717) is 24.0 Å². The minimum absolute atomic E-state index is 0.0485.